The molecule has 1 heterocycles. The molecule has 0 aliphatic heterocycles. The van der Waals surface area contributed by atoms with Crippen molar-refractivity contribution in [3.63, 3.8) is 0 Å². The normalized spacial score (nSPS) is 11.4. The van der Waals surface area contributed by atoms with Gasteiger partial charge in [0.25, 0.3) is 0 Å². The fraction of sp³-hybridized carbons (Fsp3) is 0.667. The summed E-state index contributed by atoms with van der Waals surface area (Å²) in [7, 11) is 0. The van der Waals surface area contributed by atoms with E-state index in [4.69, 9.17) is 0 Å². The van der Waals surface area contributed by atoms with Crippen molar-refractivity contribution in [1.82, 2.24) is 9.97 Å². The first-order valence-corrected chi connectivity index (χ1v) is 8.05. The number of halogens is 1. The first-order valence-electron chi connectivity index (χ1n) is 6.04. The Morgan fingerprint density at radius 3 is 2.72 bits per heavy atom. The molecule has 4 nitrogen and oxygen atoms in total. The van der Waals surface area contributed by atoms with Gasteiger partial charge in [0, 0.05) is 24.0 Å². The van der Waals surface area contributed by atoms with Gasteiger partial charge in [0.2, 0.25) is 5.95 Å². The molecule has 0 radical (unpaired) electrons. The minimum absolute atomic E-state index is 0.182. The van der Waals surface area contributed by atoms with Crippen molar-refractivity contribution in [3.8, 4) is 0 Å². The van der Waals surface area contributed by atoms with Crippen molar-refractivity contribution in [1.29, 1.82) is 0 Å². The maximum atomic E-state index is 4.46. The average molecular weight is 333 g/mol. The number of aromatic nitrogens is 2. The molecule has 18 heavy (non-hydrogen) atoms. The van der Waals surface area contributed by atoms with Crippen molar-refractivity contribution in [2.45, 2.75) is 31.9 Å². The Hall–Kier alpha value is -0.490. The van der Waals surface area contributed by atoms with E-state index in [0.717, 1.165) is 29.8 Å². The monoisotopic (exact) mass is 332 g/mol. The maximum absolute atomic E-state index is 4.46. The zero-order chi connectivity index (χ0) is 13.6. The van der Waals surface area contributed by atoms with Crippen LogP contribution >= 0.6 is 27.7 Å². The Bertz CT molecular complexity index is 384. The first kappa shape index (κ1) is 15.6. The summed E-state index contributed by atoms with van der Waals surface area (Å²) in [5, 5.41) is 6.55. The van der Waals surface area contributed by atoms with E-state index in [9.17, 15) is 0 Å². The average Bonchev–Trinajstić information content (AvgIpc) is 2.36. The molecule has 0 fully saturated rings. The zero-order valence-corrected chi connectivity index (χ0v) is 13.8. The Balaban J connectivity index is 2.69. The van der Waals surface area contributed by atoms with Gasteiger partial charge in [0.05, 0.1) is 4.47 Å². The summed E-state index contributed by atoms with van der Waals surface area (Å²) in [6, 6.07) is 0. The minimum Gasteiger partial charge on any atom is -0.368 e. The van der Waals surface area contributed by atoms with Gasteiger partial charge in [-0.3, -0.25) is 0 Å². The predicted octanol–water partition coefficient (Wildman–Crippen LogP) is 3.61. The van der Waals surface area contributed by atoms with E-state index in [1.807, 2.05) is 11.8 Å². The van der Waals surface area contributed by atoms with Crippen molar-refractivity contribution >= 4 is 39.5 Å². The summed E-state index contributed by atoms with van der Waals surface area (Å²) in [5.74, 6) is 1.51. The van der Waals surface area contributed by atoms with Crippen LogP contribution in [0.15, 0.2) is 10.7 Å². The summed E-state index contributed by atoms with van der Waals surface area (Å²) in [5.41, 5.74) is 0. The maximum Gasteiger partial charge on any atom is 0.224 e. The van der Waals surface area contributed by atoms with E-state index < -0.39 is 0 Å². The summed E-state index contributed by atoms with van der Waals surface area (Å²) in [4.78, 5) is 8.68. The van der Waals surface area contributed by atoms with Gasteiger partial charge in [-0.25, -0.2) is 4.98 Å². The molecule has 1 aromatic rings. The second-order valence-corrected chi connectivity index (χ2v) is 7.00. The van der Waals surface area contributed by atoms with Gasteiger partial charge in [-0.2, -0.15) is 16.7 Å². The molecule has 0 atom stereocenters. The molecule has 0 bridgehead atoms. The van der Waals surface area contributed by atoms with E-state index in [2.05, 4.69) is 63.6 Å². The molecule has 1 aromatic heterocycles. The van der Waals surface area contributed by atoms with E-state index >= 15 is 0 Å². The van der Waals surface area contributed by atoms with Crippen LogP contribution in [0.25, 0.3) is 0 Å². The molecule has 1 rings (SSSR count). The highest BCUT2D eigenvalue weighted by Gasteiger charge is 2.16. The van der Waals surface area contributed by atoms with Crippen LogP contribution in [0.3, 0.4) is 0 Å². The lowest BCUT2D eigenvalue weighted by Gasteiger charge is -2.23. The topological polar surface area (TPSA) is 49.8 Å². The van der Waals surface area contributed by atoms with Crippen LogP contribution in [0.1, 0.15) is 27.2 Å². The number of rotatable bonds is 7. The molecule has 102 valence electrons. The van der Waals surface area contributed by atoms with Crippen LogP contribution in [-0.4, -0.2) is 34.1 Å². The fourth-order valence-corrected chi connectivity index (χ4v) is 1.73. The number of hydrogen-bond donors (Lipinski definition) is 2. The van der Waals surface area contributed by atoms with Gasteiger partial charge >= 0.3 is 0 Å². The molecule has 0 amide bonds. The molecular weight excluding hydrogens is 312 g/mol. The predicted molar refractivity (Wildman–Crippen MR) is 84.6 cm³/mol. The van der Waals surface area contributed by atoms with Crippen LogP contribution in [0.4, 0.5) is 11.8 Å². The Morgan fingerprint density at radius 2 is 2.11 bits per heavy atom. The lowest BCUT2D eigenvalue weighted by Crippen LogP contribution is -2.26. The number of nitrogens with zero attached hydrogens (tertiary/aromatic N) is 2. The molecule has 6 heteroatoms. The van der Waals surface area contributed by atoms with Crippen LogP contribution in [0, 0.1) is 0 Å². The highest BCUT2D eigenvalue weighted by atomic mass is 79.9. The van der Waals surface area contributed by atoms with Crippen LogP contribution in [-0.2, 0) is 0 Å². The van der Waals surface area contributed by atoms with E-state index in [1.165, 1.54) is 0 Å². The second-order valence-electron chi connectivity index (χ2n) is 4.63. The van der Waals surface area contributed by atoms with Crippen molar-refractivity contribution in [2.75, 3.05) is 30.0 Å². The van der Waals surface area contributed by atoms with E-state index in [-0.39, 0.29) is 4.75 Å². The summed E-state index contributed by atoms with van der Waals surface area (Å²) in [6.45, 7) is 8.27. The van der Waals surface area contributed by atoms with Gasteiger partial charge in [0.15, 0.2) is 0 Å². The van der Waals surface area contributed by atoms with Gasteiger partial charge in [0.1, 0.15) is 5.82 Å². The molecule has 0 aliphatic carbocycles. The smallest absolute Gasteiger partial charge is 0.224 e. The molecule has 0 aliphatic rings. The van der Waals surface area contributed by atoms with Crippen LogP contribution < -0.4 is 10.6 Å². The first-order chi connectivity index (χ1) is 8.48. The molecule has 0 saturated carbocycles. The van der Waals surface area contributed by atoms with Crippen LogP contribution in [0.5, 0.6) is 0 Å². The lowest BCUT2D eigenvalue weighted by molar-refractivity contribution is 0.749. The van der Waals surface area contributed by atoms with E-state index in [0.29, 0.717) is 5.95 Å². The van der Waals surface area contributed by atoms with Gasteiger partial charge < -0.3 is 10.6 Å². The third kappa shape index (κ3) is 5.02. The third-order valence-electron chi connectivity index (χ3n) is 2.51. The number of hydrogen-bond acceptors (Lipinski definition) is 5. The number of anilines is 2. The largest absolute Gasteiger partial charge is 0.368 e. The van der Waals surface area contributed by atoms with Gasteiger partial charge in [-0.1, -0.05) is 6.92 Å². The quantitative estimate of drug-likeness (QED) is 0.798. The Labute approximate surface area is 122 Å². The lowest BCUT2D eigenvalue weighted by atomic mass is 10.2. The molecule has 0 unspecified atom stereocenters. The second kappa shape index (κ2) is 7.19. The Kier molecular flexibility index (Phi) is 6.21. The highest BCUT2D eigenvalue weighted by molar-refractivity contribution is 9.10. The summed E-state index contributed by atoms with van der Waals surface area (Å²) in [6.07, 6.45) is 4.95. The van der Waals surface area contributed by atoms with E-state index in [1.54, 1.807) is 6.20 Å². The Morgan fingerprint density at radius 1 is 1.39 bits per heavy atom. The van der Waals surface area contributed by atoms with Crippen molar-refractivity contribution in [2.24, 2.45) is 0 Å². The minimum atomic E-state index is 0.182. The van der Waals surface area contributed by atoms with Gasteiger partial charge in [-0.15, -0.1) is 0 Å². The van der Waals surface area contributed by atoms with Gasteiger partial charge in [-0.05, 0) is 42.5 Å². The number of thioether (sulfide) groups is 1. The summed E-state index contributed by atoms with van der Waals surface area (Å²) < 4.78 is 1.07. The van der Waals surface area contributed by atoms with Crippen molar-refractivity contribution in [3.05, 3.63) is 10.7 Å². The highest BCUT2D eigenvalue weighted by Crippen LogP contribution is 2.24. The van der Waals surface area contributed by atoms with Crippen molar-refractivity contribution < 1.29 is 0 Å². The molecule has 2 N–H and O–H groups in total. The molecular formula is C12H21BrN4S. The standard InChI is InChI=1S/C12H21BrN4S/c1-5-6-14-11-15-7-9(13)10(17-11)16-8-12(2,3)18-4/h7H,5-6,8H2,1-4H3,(H2,14,15,16,17). The number of nitrogens with one attached hydrogen (secondary N) is 2. The SMILES string of the molecule is CCCNc1ncc(Br)c(NCC(C)(C)SC)n1. The molecule has 0 saturated heterocycles. The van der Waals surface area contributed by atoms with Crippen LogP contribution in [0.2, 0.25) is 0 Å². The zero-order valence-electron chi connectivity index (χ0n) is 11.4. The molecule has 0 spiro atoms. The fourth-order valence-electron chi connectivity index (χ4n) is 1.18. The third-order valence-corrected chi connectivity index (χ3v) is 4.34. The molecule has 0 aromatic carbocycles. The summed E-state index contributed by atoms with van der Waals surface area (Å²) >= 11 is 5.30.